The third-order valence-corrected chi connectivity index (χ3v) is 4.55. The first-order valence-electron chi connectivity index (χ1n) is 9.10. The third kappa shape index (κ3) is 5.94. The molecule has 2 N–H and O–H groups in total. The molecule has 1 aromatic rings. The number of amides is 1. The van der Waals surface area contributed by atoms with Crippen LogP contribution >= 0.6 is 0 Å². The average Bonchev–Trinajstić information content (AvgIpc) is 2.57. The summed E-state index contributed by atoms with van der Waals surface area (Å²) >= 11 is 0. The lowest BCUT2D eigenvalue weighted by Crippen LogP contribution is -2.35. The van der Waals surface area contributed by atoms with E-state index in [1.165, 1.54) is 38.5 Å². The molecule has 0 saturated carbocycles. The summed E-state index contributed by atoms with van der Waals surface area (Å²) < 4.78 is 0. The van der Waals surface area contributed by atoms with Crippen LogP contribution in [0.1, 0.15) is 79.9 Å². The largest absolute Gasteiger partial charge is 0.394 e. The molecule has 2 aliphatic rings. The standard InChI is InChI=1S/C19H30N2O2/c1-15(14-22)21-19(23)17-12-16-10-8-6-4-2-3-5-7-9-11-18(17)20-13-16/h12-13,15,22H,2-11,14H2,1H3,(H,21,23)/t15-/m0/s1. The quantitative estimate of drug-likeness (QED) is 0.898. The Balaban J connectivity index is 2.16. The lowest BCUT2D eigenvalue weighted by molar-refractivity contribution is 0.0920. The molecule has 1 amide bonds. The van der Waals surface area contributed by atoms with Gasteiger partial charge in [-0.3, -0.25) is 9.78 Å². The van der Waals surface area contributed by atoms with Crippen molar-refractivity contribution in [1.29, 1.82) is 0 Å². The van der Waals surface area contributed by atoms with Crippen LogP contribution in [0.3, 0.4) is 0 Å². The van der Waals surface area contributed by atoms with Gasteiger partial charge < -0.3 is 10.4 Å². The number of rotatable bonds is 3. The number of fused-ring (bicyclic) bond motifs is 11. The van der Waals surface area contributed by atoms with Gasteiger partial charge in [0.2, 0.25) is 0 Å². The first-order chi connectivity index (χ1) is 11.2. The molecule has 0 radical (unpaired) electrons. The summed E-state index contributed by atoms with van der Waals surface area (Å²) in [4.78, 5) is 17.1. The summed E-state index contributed by atoms with van der Waals surface area (Å²) in [6.07, 6.45) is 13.8. The predicted molar refractivity (Wildman–Crippen MR) is 92.6 cm³/mol. The number of pyridine rings is 1. The molecule has 1 atom stereocenters. The summed E-state index contributed by atoms with van der Waals surface area (Å²) in [6.45, 7) is 1.76. The lowest BCUT2D eigenvalue weighted by Gasteiger charge is -2.15. The maximum absolute atomic E-state index is 12.5. The van der Waals surface area contributed by atoms with Crippen LogP contribution in [0.5, 0.6) is 0 Å². The monoisotopic (exact) mass is 318 g/mol. The van der Waals surface area contributed by atoms with E-state index < -0.39 is 0 Å². The van der Waals surface area contributed by atoms with E-state index in [1.54, 1.807) is 6.92 Å². The maximum atomic E-state index is 12.5. The highest BCUT2D eigenvalue weighted by atomic mass is 16.3. The zero-order valence-corrected chi connectivity index (χ0v) is 14.3. The van der Waals surface area contributed by atoms with E-state index in [2.05, 4.69) is 10.3 Å². The van der Waals surface area contributed by atoms with Crippen molar-refractivity contribution in [1.82, 2.24) is 10.3 Å². The molecule has 0 spiro atoms. The molecule has 128 valence electrons. The van der Waals surface area contributed by atoms with Crippen LogP contribution in [-0.2, 0) is 12.8 Å². The van der Waals surface area contributed by atoms with Gasteiger partial charge in [0.15, 0.2) is 0 Å². The van der Waals surface area contributed by atoms with E-state index in [9.17, 15) is 4.79 Å². The van der Waals surface area contributed by atoms with Crippen LogP contribution in [0.15, 0.2) is 12.3 Å². The molecule has 0 aromatic carbocycles. The van der Waals surface area contributed by atoms with Gasteiger partial charge in [-0.2, -0.15) is 0 Å². The molecular formula is C19H30N2O2. The van der Waals surface area contributed by atoms with Gasteiger partial charge >= 0.3 is 0 Å². The first kappa shape index (κ1) is 17.9. The molecule has 4 heteroatoms. The number of carbonyl (C=O) groups is 1. The number of nitrogens with one attached hydrogen (secondary N) is 1. The summed E-state index contributed by atoms with van der Waals surface area (Å²) in [5, 5.41) is 12.0. The van der Waals surface area contributed by atoms with Gasteiger partial charge in [0.25, 0.3) is 5.91 Å². The molecule has 1 aromatic heterocycles. The van der Waals surface area contributed by atoms with E-state index >= 15 is 0 Å². The molecule has 1 aliphatic heterocycles. The SMILES string of the molecule is C[C@@H](CO)NC(=O)c1cc2cnc1CCCCCCCCCC2. The maximum Gasteiger partial charge on any atom is 0.253 e. The highest BCUT2D eigenvalue weighted by molar-refractivity contribution is 5.95. The number of aryl methyl sites for hydroxylation is 2. The summed E-state index contributed by atoms with van der Waals surface area (Å²) in [5.41, 5.74) is 2.74. The molecule has 2 heterocycles. The van der Waals surface area contributed by atoms with Crippen molar-refractivity contribution in [3.05, 3.63) is 29.1 Å². The van der Waals surface area contributed by atoms with Gasteiger partial charge in [0.1, 0.15) is 0 Å². The Morgan fingerprint density at radius 2 is 1.74 bits per heavy atom. The number of nitrogens with zero attached hydrogens (tertiary/aromatic N) is 1. The number of aromatic nitrogens is 1. The molecule has 23 heavy (non-hydrogen) atoms. The zero-order valence-electron chi connectivity index (χ0n) is 14.3. The highest BCUT2D eigenvalue weighted by Crippen LogP contribution is 2.18. The second-order valence-electron chi connectivity index (χ2n) is 6.72. The topological polar surface area (TPSA) is 62.2 Å². The third-order valence-electron chi connectivity index (χ3n) is 4.55. The Labute approximate surface area is 139 Å². The molecule has 4 nitrogen and oxygen atoms in total. The zero-order chi connectivity index (χ0) is 16.5. The summed E-state index contributed by atoms with van der Waals surface area (Å²) in [5.74, 6) is -0.108. The van der Waals surface area contributed by atoms with E-state index in [4.69, 9.17) is 5.11 Å². The average molecular weight is 318 g/mol. The Hall–Kier alpha value is -1.42. The van der Waals surface area contributed by atoms with Crippen molar-refractivity contribution in [2.45, 2.75) is 77.2 Å². The van der Waals surface area contributed by atoms with Gasteiger partial charge in [-0.1, -0.05) is 38.5 Å². The highest BCUT2D eigenvalue weighted by Gasteiger charge is 2.15. The Morgan fingerprint density at radius 3 is 2.39 bits per heavy atom. The van der Waals surface area contributed by atoms with Crippen molar-refractivity contribution < 1.29 is 9.90 Å². The normalized spacial score (nSPS) is 18.2. The second-order valence-corrected chi connectivity index (χ2v) is 6.72. The number of hydrogen-bond acceptors (Lipinski definition) is 3. The molecule has 0 fully saturated rings. The number of aliphatic hydroxyl groups is 1. The molecular weight excluding hydrogens is 288 g/mol. The fraction of sp³-hybridized carbons (Fsp3) is 0.684. The van der Waals surface area contributed by atoms with Crippen LogP contribution in [0.2, 0.25) is 0 Å². The number of aliphatic hydroxyl groups excluding tert-OH is 1. The Morgan fingerprint density at radius 1 is 1.13 bits per heavy atom. The van der Waals surface area contributed by atoms with Crippen molar-refractivity contribution in [3.63, 3.8) is 0 Å². The van der Waals surface area contributed by atoms with Crippen molar-refractivity contribution in [2.24, 2.45) is 0 Å². The van der Waals surface area contributed by atoms with Crippen molar-refractivity contribution in [2.75, 3.05) is 6.61 Å². The Bertz CT molecular complexity index is 502. The smallest absolute Gasteiger partial charge is 0.253 e. The van der Waals surface area contributed by atoms with Crippen LogP contribution in [0.25, 0.3) is 0 Å². The molecule has 0 unspecified atom stereocenters. The summed E-state index contributed by atoms with van der Waals surface area (Å²) in [7, 11) is 0. The van der Waals surface area contributed by atoms with E-state index in [0.717, 1.165) is 36.9 Å². The minimum Gasteiger partial charge on any atom is -0.394 e. The van der Waals surface area contributed by atoms with Gasteiger partial charge in [0.05, 0.1) is 17.9 Å². The van der Waals surface area contributed by atoms with Gasteiger partial charge in [-0.15, -0.1) is 0 Å². The minimum atomic E-state index is -0.232. The molecule has 2 bridgehead atoms. The molecule has 3 rings (SSSR count). The second kappa shape index (κ2) is 9.66. The fourth-order valence-corrected chi connectivity index (χ4v) is 3.10. The lowest BCUT2D eigenvalue weighted by atomic mass is 9.99. The molecule has 1 aliphatic carbocycles. The van der Waals surface area contributed by atoms with Crippen molar-refractivity contribution in [3.8, 4) is 0 Å². The number of hydrogen-bond donors (Lipinski definition) is 2. The van der Waals surface area contributed by atoms with E-state index in [-0.39, 0.29) is 18.6 Å². The van der Waals surface area contributed by atoms with E-state index in [1.807, 2.05) is 12.3 Å². The Kier molecular flexibility index (Phi) is 7.53. The van der Waals surface area contributed by atoms with Crippen LogP contribution in [0.4, 0.5) is 0 Å². The van der Waals surface area contributed by atoms with Crippen LogP contribution in [0, 0.1) is 0 Å². The van der Waals surface area contributed by atoms with Gasteiger partial charge in [-0.05, 0) is 44.2 Å². The molecule has 0 saturated heterocycles. The first-order valence-corrected chi connectivity index (χ1v) is 9.10. The minimum absolute atomic E-state index is 0.0474. The van der Waals surface area contributed by atoms with Crippen LogP contribution < -0.4 is 5.32 Å². The van der Waals surface area contributed by atoms with Crippen LogP contribution in [-0.4, -0.2) is 28.6 Å². The number of carbonyl (C=O) groups excluding carboxylic acids is 1. The van der Waals surface area contributed by atoms with E-state index in [0.29, 0.717) is 5.56 Å². The predicted octanol–water partition coefficient (Wildman–Crippen LogP) is 3.41. The summed E-state index contributed by atoms with van der Waals surface area (Å²) in [6, 6.07) is 1.78. The van der Waals surface area contributed by atoms with Crippen molar-refractivity contribution >= 4 is 5.91 Å². The van der Waals surface area contributed by atoms with Gasteiger partial charge in [-0.25, -0.2) is 0 Å². The van der Waals surface area contributed by atoms with Gasteiger partial charge in [0, 0.05) is 12.2 Å². The fourth-order valence-electron chi connectivity index (χ4n) is 3.10.